The van der Waals surface area contributed by atoms with Crippen LogP contribution in [0.15, 0.2) is 36.5 Å². The highest BCUT2D eigenvalue weighted by Crippen LogP contribution is 2.19. The van der Waals surface area contributed by atoms with Crippen LogP contribution < -0.4 is 5.32 Å². The lowest BCUT2D eigenvalue weighted by Crippen LogP contribution is -2.25. The normalized spacial score (nSPS) is 10.9. The average molecular weight is 307 g/mol. The van der Waals surface area contributed by atoms with E-state index in [1.165, 1.54) is 0 Å². The summed E-state index contributed by atoms with van der Waals surface area (Å²) in [5, 5.41) is 12.5. The molecule has 112 valence electrons. The van der Waals surface area contributed by atoms with Gasteiger partial charge in [0.05, 0.1) is 11.6 Å². The second-order valence-electron chi connectivity index (χ2n) is 5.21. The molecule has 2 N–H and O–H groups in total. The van der Waals surface area contributed by atoms with Gasteiger partial charge in [-0.1, -0.05) is 35.9 Å². The molecule has 1 aromatic carbocycles. The molecule has 4 nitrogen and oxygen atoms in total. The Labute approximate surface area is 129 Å². The van der Waals surface area contributed by atoms with Gasteiger partial charge < -0.3 is 15.0 Å². The summed E-state index contributed by atoms with van der Waals surface area (Å²) in [6, 6.07) is 9.32. The Morgan fingerprint density at radius 1 is 1.33 bits per heavy atom. The monoisotopic (exact) mass is 306 g/mol. The van der Waals surface area contributed by atoms with Crippen LogP contribution in [-0.4, -0.2) is 15.6 Å². The fourth-order valence-electron chi connectivity index (χ4n) is 2.17. The molecule has 0 fully saturated rings. The van der Waals surface area contributed by atoms with Crippen LogP contribution in [0.1, 0.15) is 41.5 Å². The first kappa shape index (κ1) is 15.6. The first-order valence-electron chi connectivity index (χ1n) is 6.85. The Hall–Kier alpha value is -1.78. The van der Waals surface area contributed by atoms with Crippen LogP contribution in [0.2, 0.25) is 5.02 Å². The molecule has 2 rings (SSSR count). The maximum Gasteiger partial charge on any atom is 0.268 e. The Bertz CT molecular complexity index is 635. The number of aliphatic hydroxyl groups is 1. The standard InChI is InChI=1S/C16H19ClN2O2/c1-11(2)19-9-14(17)7-15(19)16(21)18-8-12-4-3-5-13(6-12)10-20/h3-7,9,11,20H,8,10H2,1-2H3,(H,18,21). The van der Waals surface area contributed by atoms with Crippen molar-refractivity contribution in [2.45, 2.75) is 33.0 Å². The number of carbonyl (C=O) groups excluding carboxylic acids is 1. The van der Waals surface area contributed by atoms with Crippen molar-refractivity contribution in [3.63, 3.8) is 0 Å². The molecule has 0 radical (unpaired) electrons. The van der Waals surface area contributed by atoms with E-state index in [1.54, 1.807) is 12.3 Å². The van der Waals surface area contributed by atoms with Gasteiger partial charge in [-0.05, 0) is 31.0 Å². The van der Waals surface area contributed by atoms with Crippen molar-refractivity contribution in [1.82, 2.24) is 9.88 Å². The van der Waals surface area contributed by atoms with Crippen LogP contribution in [0.4, 0.5) is 0 Å². The predicted octanol–water partition coefficient (Wildman–Crippen LogP) is 3.14. The van der Waals surface area contributed by atoms with Crippen molar-refractivity contribution in [2.24, 2.45) is 0 Å². The maximum atomic E-state index is 12.3. The minimum absolute atomic E-state index is 0.00635. The van der Waals surface area contributed by atoms with Crippen molar-refractivity contribution >= 4 is 17.5 Å². The summed E-state index contributed by atoms with van der Waals surface area (Å²) in [6.45, 7) is 4.40. The van der Waals surface area contributed by atoms with E-state index >= 15 is 0 Å². The molecule has 0 saturated heterocycles. The molecule has 0 bridgehead atoms. The molecular formula is C16H19ClN2O2. The number of hydrogen-bond donors (Lipinski definition) is 2. The second kappa shape index (κ2) is 6.78. The number of halogens is 1. The third-order valence-electron chi connectivity index (χ3n) is 3.23. The van der Waals surface area contributed by atoms with Gasteiger partial charge in [-0.2, -0.15) is 0 Å². The zero-order chi connectivity index (χ0) is 15.4. The molecule has 1 aromatic heterocycles. The number of aliphatic hydroxyl groups excluding tert-OH is 1. The third-order valence-corrected chi connectivity index (χ3v) is 3.44. The minimum atomic E-state index is -0.162. The number of benzene rings is 1. The molecule has 0 aliphatic rings. The summed E-state index contributed by atoms with van der Waals surface area (Å²) in [5.74, 6) is -0.162. The molecule has 0 spiro atoms. The van der Waals surface area contributed by atoms with E-state index in [0.29, 0.717) is 17.3 Å². The maximum absolute atomic E-state index is 12.3. The molecule has 1 heterocycles. The predicted molar refractivity (Wildman–Crippen MR) is 83.4 cm³/mol. The van der Waals surface area contributed by atoms with Gasteiger partial charge in [0.15, 0.2) is 0 Å². The summed E-state index contributed by atoms with van der Waals surface area (Å²) < 4.78 is 1.85. The van der Waals surface area contributed by atoms with Gasteiger partial charge in [0.25, 0.3) is 5.91 Å². The third kappa shape index (κ3) is 3.86. The summed E-state index contributed by atoms with van der Waals surface area (Å²) in [6.07, 6.45) is 1.76. The van der Waals surface area contributed by atoms with Gasteiger partial charge in [-0.25, -0.2) is 0 Å². The van der Waals surface area contributed by atoms with Crippen molar-refractivity contribution in [3.8, 4) is 0 Å². The molecule has 0 atom stereocenters. The van der Waals surface area contributed by atoms with E-state index in [1.807, 2.05) is 42.7 Å². The lowest BCUT2D eigenvalue weighted by molar-refractivity contribution is 0.0940. The summed E-state index contributed by atoms with van der Waals surface area (Å²) in [5.41, 5.74) is 2.33. The fourth-order valence-corrected chi connectivity index (χ4v) is 2.37. The van der Waals surface area contributed by atoms with E-state index in [4.69, 9.17) is 16.7 Å². The van der Waals surface area contributed by atoms with E-state index in [-0.39, 0.29) is 18.6 Å². The van der Waals surface area contributed by atoms with Gasteiger partial charge in [-0.15, -0.1) is 0 Å². The molecule has 5 heteroatoms. The molecule has 0 saturated carbocycles. The smallest absolute Gasteiger partial charge is 0.268 e. The molecular weight excluding hydrogens is 288 g/mol. The summed E-state index contributed by atoms with van der Waals surface area (Å²) >= 11 is 5.98. The lowest BCUT2D eigenvalue weighted by atomic mass is 10.1. The molecule has 2 aromatic rings. The average Bonchev–Trinajstić information content (AvgIpc) is 2.87. The first-order valence-corrected chi connectivity index (χ1v) is 7.23. The highest BCUT2D eigenvalue weighted by molar-refractivity contribution is 6.31. The SMILES string of the molecule is CC(C)n1cc(Cl)cc1C(=O)NCc1cccc(CO)c1. The van der Waals surface area contributed by atoms with Crippen molar-refractivity contribution in [2.75, 3.05) is 0 Å². The number of hydrogen-bond acceptors (Lipinski definition) is 2. The summed E-state index contributed by atoms with van der Waals surface area (Å²) in [4.78, 5) is 12.3. The highest BCUT2D eigenvalue weighted by Gasteiger charge is 2.14. The van der Waals surface area contributed by atoms with E-state index in [9.17, 15) is 4.79 Å². The van der Waals surface area contributed by atoms with Crippen LogP contribution in [0.5, 0.6) is 0 Å². The molecule has 0 aliphatic carbocycles. The zero-order valence-corrected chi connectivity index (χ0v) is 12.9. The first-order chi connectivity index (χ1) is 10.0. The molecule has 0 unspecified atom stereocenters. The number of aromatic nitrogens is 1. The van der Waals surface area contributed by atoms with Gasteiger partial charge in [0.2, 0.25) is 0 Å². The zero-order valence-electron chi connectivity index (χ0n) is 12.1. The number of carbonyl (C=O) groups is 1. The molecule has 1 amide bonds. The van der Waals surface area contributed by atoms with Crippen LogP contribution in [0, 0.1) is 0 Å². The molecule has 0 aliphatic heterocycles. The van der Waals surface area contributed by atoms with Gasteiger partial charge in [0, 0.05) is 18.8 Å². The van der Waals surface area contributed by atoms with Crippen LogP contribution in [-0.2, 0) is 13.2 Å². The van der Waals surface area contributed by atoms with Crippen LogP contribution >= 0.6 is 11.6 Å². The number of amides is 1. The quantitative estimate of drug-likeness (QED) is 0.891. The molecule has 21 heavy (non-hydrogen) atoms. The van der Waals surface area contributed by atoms with E-state index in [2.05, 4.69) is 5.32 Å². The Balaban J connectivity index is 2.08. The highest BCUT2D eigenvalue weighted by atomic mass is 35.5. The van der Waals surface area contributed by atoms with Crippen molar-refractivity contribution in [1.29, 1.82) is 0 Å². The van der Waals surface area contributed by atoms with Crippen molar-refractivity contribution < 1.29 is 9.90 Å². The Kier molecular flexibility index (Phi) is 5.04. The van der Waals surface area contributed by atoms with Gasteiger partial charge in [-0.3, -0.25) is 4.79 Å². The van der Waals surface area contributed by atoms with Crippen LogP contribution in [0.3, 0.4) is 0 Å². The van der Waals surface area contributed by atoms with E-state index < -0.39 is 0 Å². The Morgan fingerprint density at radius 2 is 2.05 bits per heavy atom. The van der Waals surface area contributed by atoms with Crippen molar-refractivity contribution in [3.05, 3.63) is 58.4 Å². The number of nitrogens with zero attached hydrogens (tertiary/aromatic N) is 1. The topological polar surface area (TPSA) is 54.3 Å². The minimum Gasteiger partial charge on any atom is -0.392 e. The van der Waals surface area contributed by atoms with E-state index in [0.717, 1.165) is 11.1 Å². The van der Waals surface area contributed by atoms with Crippen LogP contribution in [0.25, 0.3) is 0 Å². The van der Waals surface area contributed by atoms with Gasteiger partial charge in [0.1, 0.15) is 5.69 Å². The number of nitrogens with one attached hydrogen (secondary N) is 1. The summed E-state index contributed by atoms with van der Waals surface area (Å²) in [7, 11) is 0. The number of rotatable bonds is 5. The lowest BCUT2D eigenvalue weighted by Gasteiger charge is -2.13. The fraction of sp³-hybridized carbons (Fsp3) is 0.312. The largest absolute Gasteiger partial charge is 0.392 e. The second-order valence-corrected chi connectivity index (χ2v) is 5.64. The van der Waals surface area contributed by atoms with Gasteiger partial charge >= 0.3 is 0 Å². The Morgan fingerprint density at radius 3 is 2.71 bits per heavy atom.